The molecule has 84 valence electrons. The standard InChI is InChI=1S/C6H6O4S5/c7-15(8,9)10-2-1-3(11)5(13)6(14)4(2)12/h1,11-14H,(H,7,8,9). The normalized spacial score (nSPS) is 11.5. The number of hydrogen-bond acceptors (Lipinski definition) is 7. The van der Waals surface area contributed by atoms with Gasteiger partial charge in [-0.05, 0) is 6.07 Å². The van der Waals surface area contributed by atoms with Gasteiger partial charge < -0.3 is 4.18 Å². The zero-order valence-corrected chi connectivity index (χ0v) is 11.3. The van der Waals surface area contributed by atoms with Gasteiger partial charge in [0.25, 0.3) is 0 Å². The van der Waals surface area contributed by atoms with E-state index in [1.54, 1.807) is 0 Å². The van der Waals surface area contributed by atoms with Gasteiger partial charge in [-0.3, -0.25) is 4.55 Å². The second-order valence-corrected chi connectivity index (χ2v) is 5.30. The van der Waals surface area contributed by atoms with E-state index in [1.807, 2.05) is 0 Å². The van der Waals surface area contributed by atoms with Crippen LogP contribution in [0.5, 0.6) is 5.75 Å². The molecule has 9 heteroatoms. The Morgan fingerprint density at radius 2 is 1.60 bits per heavy atom. The van der Waals surface area contributed by atoms with Crippen molar-refractivity contribution in [2.75, 3.05) is 0 Å². The molecule has 0 fully saturated rings. The molecule has 0 atom stereocenters. The molecule has 0 saturated carbocycles. The molecule has 4 nitrogen and oxygen atoms in total. The van der Waals surface area contributed by atoms with Crippen molar-refractivity contribution in [3.05, 3.63) is 6.07 Å². The Morgan fingerprint density at radius 3 is 2.07 bits per heavy atom. The van der Waals surface area contributed by atoms with E-state index >= 15 is 0 Å². The van der Waals surface area contributed by atoms with Gasteiger partial charge in [0.1, 0.15) is 0 Å². The molecule has 1 rings (SSSR count). The van der Waals surface area contributed by atoms with Crippen LogP contribution in [-0.2, 0) is 10.4 Å². The van der Waals surface area contributed by atoms with E-state index in [9.17, 15) is 8.42 Å². The van der Waals surface area contributed by atoms with Crippen LogP contribution in [0.3, 0.4) is 0 Å². The smallest absolute Gasteiger partial charge is 0.361 e. The minimum absolute atomic E-state index is 0.152. The van der Waals surface area contributed by atoms with Gasteiger partial charge in [0, 0.05) is 14.7 Å². The zero-order chi connectivity index (χ0) is 11.8. The summed E-state index contributed by atoms with van der Waals surface area (Å²) in [6.07, 6.45) is 0. The Morgan fingerprint density at radius 1 is 1.07 bits per heavy atom. The molecule has 0 radical (unpaired) electrons. The lowest BCUT2D eigenvalue weighted by atomic mass is 10.3. The molecule has 1 aromatic rings. The van der Waals surface area contributed by atoms with Gasteiger partial charge in [0.15, 0.2) is 5.75 Å². The molecule has 0 heterocycles. The summed E-state index contributed by atoms with van der Waals surface area (Å²) in [6.45, 7) is 0. The van der Waals surface area contributed by atoms with Gasteiger partial charge >= 0.3 is 10.4 Å². The minimum atomic E-state index is -4.59. The van der Waals surface area contributed by atoms with Crippen LogP contribution in [0.2, 0.25) is 0 Å². The number of hydrogen-bond donors (Lipinski definition) is 5. The summed E-state index contributed by atoms with van der Waals surface area (Å²) >= 11 is 16.1. The monoisotopic (exact) mass is 302 g/mol. The van der Waals surface area contributed by atoms with Gasteiger partial charge in [-0.25, -0.2) is 0 Å². The number of rotatable bonds is 2. The molecule has 1 aromatic carbocycles. The molecule has 0 aliphatic carbocycles. The average Bonchev–Trinajstić information content (AvgIpc) is 2.08. The highest BCUT2D eigenvalue weighted by atomic mass is 32.3. The first-order valence-corrected chi connectivity index (χ1v) is 6.51. The molecule has 15 heavy (non-hydrogen) atoms. The fourth-order valence-corrected chi connectivity index (χ4v) is 2.24. The fourth-order valence-electron chi connectivity index (χ4n) is 0.788. The van der Waals surface area contributed by atoms with Crippen molar-refractivity contribution in [1.29, 1.82) is 0 Å². The molecular formula is C6H6O4S5. The Labute approximate surface area is 109 Å². The van der Waals surface area contributed by atoms with Crippen molar-refractivity contribution in [1.82, 2.24) is 0 Å². The van der Waals surface area contributed by atoms with E-state index in [2.05, 4.69) is 54.7 Å². The topological polar surface area (TPSA) is 63.6 Å². The van der Waals surface area contributed by atoms with Gasteiger partial charge in [-0.2, -0.15) is 8.42 Å². The second kappa shape index (κ2) is 4.68. The molecule has 0 amide bonds. The summed E-state index contributed by atoms with van der Waals surface area (Å²) in [6, 6.07) is 1.27. The van der Waals surface area contributed by atoms with Crippen LogP contribution in [0.4, 0.5) is 0 Å². The summed E-state index contributed by atoms with van der Waals surface area (Å²) in [4.78, 5) is 1.26. The lowest BCUT2D eigenvalue weighted by Crippen LogP contribution is -2.07. The lowest BCUT2D eigenvalue weighted by Gasteiger charge is -2.10. The van der Waals surface area contributed by atoms with Crippen molar-refractivity contribution in [3.63, 3.8) is 0 Å². The minimum Gasteiger partial charge on any atom is -0.361 e. The quantitative estimate of drug-likeness (QED) is 0.428. The van der Waals surface area contributed by atoms with Crippen molar-refractivity contribution in [2.45, 2.75) is 19.6 Å². The Kier molecular flexibility index (Phi) is 4.18. The third-order valence-corrected chi connectivity index (χ3v) is 4.02. The Bertz CT molecular complexity index is 495. The SMILES string of the molecule is O=S(=O)(O)Oc1cc(S)c(S)c(S)c1S. The first kappa shape index (κ1) is 13.4. The molecule has 0 saturated heterocycles. The highest BCUT2D eigenvalue weighted by molar-refractivity contribution is 7.86. The summed E-state index contributed by atoms with van der Waals surface area (Å²) in [7, 11) is -4.59. The van der Waals surface area contributed by atoms with E-state index in [0.717, 1.165) is 0 Å². The van der Waals surface area contributed by atoms with Crippen LogP contribution < -0.4 is 4.18 Å². The van der Waals surface area contributed by atoms with E-state index in [-0.39, 0.29) is 10.6 Å². The molecular weight excluding hydrogens is 296 g/mol. The first-order chi connectivity index (χ1) is 6.72. The van der Waals surface area contributed by atoms with Crippen molar-refractivity contribution in [3.8, 4) is 5.75 Å². The summed E-state index contributed by atoms with van der Waals surface area (Å²) in [5.41, 5.74) is 0. The van der Waals surface area contributed by atoms with Crippen molar-refractivity contribution < 1.29 is 17.2 Å². The van der Waals surface area contributed by atoms with Crippen LogP contribution in [0.25, 0.3) is 0 Å². The average molecular weight is 302 g/mol. The third kappa shape index (κ3) is 3.40. The Balaban J connectivity index is 3.33. The first-order valence-electron chi connectivity index (χ1n) is 3.36. The number of benzene rings is 1. The van der Waals surface area contributed by atoms with Gasteiger partial charge in [0.05, 0.1) is 4.90 Å². The highest BCUT2D eigenvalue weighted by Crippen LogP contribution is 2.38. The van der Waals surface area contributed by atoms with Crippen LogP contribution in [-0.4, -0.2) is 13.0 Å². The van der Waals surface area contributed by atoms with Crippen molar-refractivity contribution in [2.24, 2.45) is 0 Å². The number of thiol groups is 4. The summed E-state index contributed by atoms with van der Waals surface area (Å²) in [5.74, 6) is -0.159. The summed E-state index contributed by atoms with van der Waals surface area (Å²) < 4.78 is 33.7. The molecule has 0 aliphatic rings. The van der Waals surface area contributed by atoms with Crippen LogP contribution in [0.1, 0.15) is 0 Å². The highest BCUT2D eigenvalue weighted by Gasteiger charge is 2.15. The van der Waals surface area contributed by atoms with E-state index in [4.69, 9.17) is 4.55 Å². The molecule has 0 unspecified atom stereocenters. The largest absolute Gasteiger partial charge is 0.446 e. The summed E-state index contributed by atoms with van der Waals surface area (Å²) in [5, 5.41) is 0. The van der Waals surface area contributed by atoms with Crippen LogP contribution in [0.15, 0.2) is 25.6 Å². The maximum absolute atomic E-state index is 10.5. The van der Waals surface area contributed by atoms with Crippen LogP contribution in [0, 0.1) is 0 Å². The zero-order valence-electron chi connectivity index (χ0n) is 6.95. The molecule has 1 N–H and O–H groups in total. The molecule has 0 spiro atoms. The second-order valence-electron chi connectivity index (χ2n) is 2.45. The van der Waals surface area contributed by atoms with Crippen LogP contribution >= 0.6 is 50.5 Å². The van der Waals surface area contributed by atoms with Gasteiger partial charge in [0.2, 0.25) is 0 Å². The van der Waals surface area contributed by atoms with E-state index < -0.39 is 10.4 Å². The van der Waals surface area contributed by atoms with E-state index in [0.29, 0.717) is 14.7 Å². The maximum atomic E-state index is 10.5. The van der Waals surface area contributed by atoms with Gasteiger partial charge in [-0.1, -0.05) is 0 Å². The molecule has 0 aliphatic heterocycles. The lowest BCUT2D eigenvalue weighted by molar-refractivity contribution is 0.382. The predicted molar refractivity (Wildman–Crippen MR) is 67.6 cm³/mol. The fraction of sp³-hybridized carbons (Fsp3) is 0. The van der Waals surface area contributed by atoms with Gasteiger partial charge in [-0.15, -0.1) is 50.5 Å². The maximum Gasteiger partial charge on any atom is 0.446 e. The third-order valence-electron chi connectivity index (χ3n) is 1.39. The van der Waals surface area contributed by atoms with Crippen molar-refractivity contribution >= 4 is 60.9 Å². The predicted octanol–water partition coefficient (Wildman–Crippen LogP) is 2.02. The van der Waals surface area contributed by atoms with E-state index in [1.165, 1.54) is 6.07 Å². The molecule has 0 bridgehead atoms. The Hall–Kier alpha value is 0.330. The molecule has 0 aromatic heterocycles.